The summed E-state index contributed by atoms with van der Waals surface area (Å²) >= 11 is 11.5. The highest BCUT2D eigenvalue weighted by Crippen LogP contribution is 2.25. The highest BCUT2D eigenvalue weighted by molar-refractivity contribution is 7.92. The van der Waals surface area contributed by atoms with Crippen LogP contribution >= 0.6 is 23.2 Å². The number of nitrogens with one attached hydrogen (secondary N) is 1. The van der Waals surface area contributed by atoms with E-state index < -0.39 is 10.0 Å². The number of rotatable bonds is 3. The molecule has 0 fully saturated rings. The van der Waals surface area contributed by atoms with Crippen molar-refractivity contribution in [2.45, 2.75) is 4.90 Å². The van der Waals surface area contributed by atoms with Crippen molar-refractivity contribution < 1.29 is 8.42 Å². The fraction of sp³-hybridized carbons (Fsp3) is 0. The van der Waals surface area contributed by atoms with Gasteiger partial charge >= 0.3 is 0 Å². The monoisotopic (exact) mass is 318 g/mol. The zero-order valence-corrected chi connectivity index (χ0v) is 11.7. The number of benzene rings is 1. The Hall–Kier alpha value is -1.57. The summed E-state index contributed by atoms with van der Waals surface area (Å²) in [6.45, 7) is 0. The maximum Gasteiger partial charge on any atom is 0.265 e. The lowest BCUT2D eigenvalue weighted by Gasteiger charge is -2.08. The van der Waals surface area contributed by atoms with Gasteiger partial charge in [0.05, 0.1) is 5.02 Å². The van der Waals surface area contributed by atoms with Crippen LogP contribution in [-0.4, -0.2) is 18.4 Å². The number of halogens is 2. The molecule has 0 bridgehead atoms. The molecule has 0 saturated carbocycles. The van der Waals surface area contributed by atoms with E-state index in [4.69, 9.17) is 28.9 Å². The smallest absolute Gasteiger partial charge is 0.265 e. The number of aromatic nitrogens is 2. The molecule has 19 heavy (non-hydrogen) atoms. The summed E-state index contributed by atoms with van der Waals surface area (Å²) in [6.07, 6.45) is 1.33. The standard InChI is InChI=1S/C10H8Cl2N4O2S/c11-7-5-6(13)1-2-8(7)19(17,18)16-10-14-4-3-9(12)15-10/h1-5H,13H2,(H,14,15,16). The van der Waals surface area contributed by atoms with E-state index in [1.807, 2.05) is 0 Å². The van der Waals surface area contributed by atoms with E-state index in [-0.39, 0.29) is 21.0 Å². The van der Waals surface area contributed by atoms with Crippen molar-refractivity contribution in [1.29, 1.82) is 0 Å². The Morgan fingerprint density at radius 2 is 1.95 bits per heavy atom. The molecule has 1 aromatic heterocycles. The molecule has 0 aliphatic carbocycles. The second kappa shape index (κ2) is 5.20. The van der Waals surface area contributed by atoms with Crippen molar-refractivity contribution in [3.8, 4) is 0 Å². The van der Waals surface area contributed by atoms with Crippen LogP contribution in [0.4, 0.5) is 11.6 Å². The summed E-state index contributed by atoms with van der Waals surface area (Å²) in [5, 5.41) is 0.130. The molecule has 100 valence electrons. The number of hydrogen-bond donors (Lipinski definition) is 2. The van der Waals surface area contributed by atoms with E-state index in [1.54, 1.807) is 0 Å². The van der Waals surface area contributed by atoms with Crippen LogP contribution in [0.1, 0.15) is 0 Å². The molecular formula is C10H8Cl2N4O2S. The SMILES string of the molecule is Nc1ccc(S(=O)(=O)Nc2nccc(Cl)n2)c(Cl)c1. The molecule has 0 spiro atoms. The predicted molar refractivity (Wildman–Crippen MR) is 73.7 cm³/mol. The number of nitrogens with zero attached hydrogens (tertiary/aromatic N) is 2. The Labute approximate surface area is 119 Å². The molecule has 1 heterocycles. The van der Waals surface area contributed by atoms with Gasteiger partial charge in [0.1, 0.15) is 10.0 Å². The molecule has 0 unspecified atom stereocenters. The second-order valence-corrected chi connectivity index (χ2v) is 5.94. The molecule has 2 aromatic rings. The van der Waals surface area contributed by atoms with Crippen LogP contribution in [0, 0.1) is 0 Å². The minimum Gasteiger partial charge on any atom is -0.399 e. The molecule has 1 aromatic carbocycles. The Morgan fingerprint density at radius 1 is 1.21 bits per heavy atom. The van der Waals surface area contributed by atoms with Gasteiger partial charge in [-0.25, -0.2) is 23.1 Å². The van der Waals surface area contributed by atoms with Crippen LogP contribution in [0.25, 0.3) is 0 Å². The van der Waals surface area contributed by atoms with Gasteiger partial charge < -0.3 is 5.73 Å². The fourth-order valence-electron chi connectivity index (χ4n) is 1.30. The number of anilines is 2. The maximum atomic E-state index is 12.1. The van der Waals surface area contributed by atoms with Crippen LogP contribution in [-0.2, 0) is 10.0 Å². The van der Waals surface area contributed by atoms with Crippen molar-refractivity contribution in [1.82, 2.24) is 9.97 Å². The molecule has 6 nitrogen and oxygen atoms in total. The predicted octanol–water partition coefficient (Wildman–Crippen LogP) is 2.17. The van der Waals surface area contributed by atoms with Gasteiger partial charge in [0.2, 0.25) is 5.95 Å². The van der Waals surface area contributed by atoms with Crippen LogP contribution in [0.2, 0.25) is 10.2 Å². The van der Waals surface area contributed by atoms with Crippen molar-refractivity contribution >= 4 is 44.9 Å². The summed E-state index contributed by atoms with van der Waals surface area (Å²) in [5.41, 5.74) is 5.87. The lowest BCUT2D eigenvalue weighted by atomic mass is 10.3. The van der Waals surface area contributed by atoms with Crippen molar-refractivity contribution in [2.24, 2.45) is 0 Å². The lowest BCUT2D eigenvalue weighted by Crippen LogP contribution is -2.15. The van der Waals surface area contributed by atoms with E-state index >= 15 is 0 Å². The first-order valence-electron chi connectivity index (χ1n) is 4.95. The summed E-state index contributed by atoms with van der Waals surface area (Å²) < 4.78 is 26.3. The van der Waals surface area contributed by atoms with Gasteiger partial charge in [-0.15, -0.1) is 0 Å². The van der Waals surface area contributed by atoms with Crippen LogP contribution in [0.3, 0.4) is 0 Å². The van der Waals surface area contributed by atoms with Gasteiger partial charge in [-0.3, -0.25) is 0 Å². The van der Waals surface area contributed by atoms with E-state index in [0.717, 1.165) is 0 Å². The minimum atomic E-state index is -3.90. The first kappa shape index (κ1) is 13.9. The molecule has 0 saturated heterocycles. The Balaban J connectivity index is 2.38. The lowest BCUT2D eigenvalue weighted by molar-refractivity contribution is 0.601. The van der Waals surface area contributed by atoms with Gasteiger partial charge in [0.25, 0.3) is 10.0 Å². The Kier molecular flexibility index (Phi) is 3.79. The summed E-state index contributed by atoms with van der Waals surface area (Å²) in [5.74, 6) is -0.139. The molecule has 2 rings (SSSR count). The van der Waals surface area contributed by atoms with Crippen LogP contribution < -0.4 is 10.5 Å². The normalized spacial score (nSPS) is 11.3. The van der Waals surface area contributed by atoms with E-state index in [9.17, 15) is 8.42 Å². The van der Waals surface area contributed by atoms with Crippen LogP contribution in [0.15, 0.2) is 35.4 Å². The van der Waals surface area contributed by atoms with Gasteiger partial charge in [-0.2, -0.15) is 0 Å². The third-order valence-corrected chi connectivity index (χ3v) is 4.11. The Morgan fingerprint density at radius 3 is 2.58 bits per heavy atom. The highest BCUT2D eigenvalue weighted by atomic mass is 35.5. The number of nitrogen functional groups attached to an aromatic ring is 1. The van der Waals surface area contributed by atoms with Crippen LogP contribution in [0.5, 0.6) is 0 Å². The zero-order valence-electron chi connectivity index (χ0n) is 9.34. The van der Waals surface area contributed by atoms with Gasteiger partial charge in [0, 0.05) is 11.9 Å². The molecule has 0 amide bonds. The average Bonchev–Trinajstić information content (AvgIpc) is 2.27. The molecule has 0 atom stereocenters. The minimum absolute atomic E-state index is 0.00882. The largest absolute Gasteiger partial charge is 0.399 e. The summed E-state index contributed by atoms with van der Waals surface area (Å²) in [6, 6.07) is 5.49. The first-order valence-corrected chi connectivity index (χ1v) is 7.19. The van der Waals surface area contributed by atoms with Gasteiger partial charge in [-0.05, 0) is 24.3 Å². The average molecular weight is 319 g/mol. The molecule has 9 heteroatoms. The molecule has 0 radical (unpaired) electrons. The quantitative estimate of drug-likeness (QED) is 0.667. The molecular weight excluding hydrogens is 311 g/mol. The van der Waals surface area contributed by atoms with Crippen molar-refractivity contribution in [3.63, 3.8) is 0 Å². The molecule has 0 aliphatic heterocycles. The Bertz CT molecular complexity index is 721. The van der Waals surface area contributed by atoms with E-state index in [1.165, 1.54) is 30.5 Å². The zero-order chi connectivity index (χ0) is 14.0. The topological polar surface area (TPSA) is 98.0 Å². The maximum absolute atomic E-state index is 12.1. The second-order valence-electron chi connectivity index (χ2n) is 3.50. The van der Waals surface area contributed by atoms with Gasteiger partial charge in [0.15, 0.2) is 0 Å². The highest BCUT2D eigenvalue weighted by Gasteiger charge is 2.19. The first-order chi connectivity index (χ1) is 8.88. The third-order valence-electron chi connectivity index (χ3n) is 2.09. The summed E-state index contributed by atoms with van der Waals surface area (Å²) in [4.78, 5) is 7.35. The number of nitrogens with two attached hydrogens (primary N) is 1. The third kappa shape index (κ3) is 3.25. The number of hydrogen-bond acceptors (Lipinski definition) is 5. The molecule has 3 N–H and O–H groups in total. The molecule has 0 aliphatic rings. The van der Waals surface area contributed by atoms with Gasteiger partial charge in [-0.1, -0.05) is 23.2 Å². The fourth-order valence-corrected chi connectivity index (χ4v) is 2.94. The van der Waals surface area contributed by atoms with Crippen molar-refractivity contribution in [2.75, 3.05) is 10.5 Å². The van der Waals surface area contributed by atoms with E-state index in [2.05, 4.69) is 14.7 Å². The van der Waals surface area contributed by atoms with Crippen molar-refractivity contribution in [3.05, 3.63) is 40.6 Å². The summed E-state index contributed by atoms with van der Waals surface area (Å²) in [7, 11) is -3.90. The number of sulfonamides is 1. The van der Waals surface area contributed by atoms with E-state index in [0.29, 0.717) is 5.69 Å².